The van der Waals surface area contributed by atoms with E-state index in [1.54, 1.807) is 0 Å². The van der Waals surface area contributed by atoms with Gasteiger partial charge in [0, 0.05) is 24.4 Å². The summed E-state index contributed by atoms with van der Waals surface area (Å²) >= 11 is 0. The first kappa shape index (κ1) is 19.3. The van der Waals surface area contributed by atoms with Crippen LogP contribution in [0.4, 0.5) is 0 Å². The van der Waals surface area contributed by atoms with Crippen LogP contribution in [0.2, 0.25) is 0 Å². The van der Waals surface area contributed by atoms with Gasteiger partial charge in [-0.3, -0.25) is 4.79 Å². The molecule has 136 valence electrons. The van der Waals surface area contributed by atoms with Crippen LogP contribution in [-0.4, -0.2) is 31.3 Å². The molecule has 4 nitrogen and oxygen atoms in total. The lowest BCUT2D eigenvalue weighted by atomic mass is 10.1. The molecule has 2 rings (SSSR count). The largest absolute Gasteiger partial charge is 0.489 e. The minimum absolute atomic E-state index is 0.154. The quantitative estimate of drug-likeness (QED) is 0.653. The summed E-state index contributed by atoms with van der Waals surface area (Å²) in [4.78, 5) is 12.0. The molecule has 0 aliphatic carbocycles. The molecule has 0 unspecified atom stereocenters. The Kier molecular flexibility index (Phi) is 7.74. The number of carbonyl (C=O) groups is 1. The number of hydrogen-bond acceptors (Lipinski definition) is 4. The summed E-state index contributed by atoms with van der Waals surface area (Å²) in [7, 11) is 0. The molecule has 0 bridgehead atoms. The van der Waals surface area contributed by atoms with Gasteiger partial charge >= 0.3 is 5.97 Å². The van der Waals surface area contributed by atoms with Gasteiger partial charge in [-0.1, -0.05) is 63.6 Å². The fraction of sp³-hybridized carbons (Fsp3) is 0.476. The maximum atomic E-state index is 12.0. The van der Waals surface area contributed by atoms with Crippen LogP contribution < -0.4 is 10.1 Å². The standard InChI is InChI=1S/C21H29NO3/c1-4-5-13-21(23)25-18(14-22-16(2)3)15-24-20-12-8-10-17-9-6-7-11-19(17)20/h6-12,16,18,22H,4-5,13-15H2,1-3H3/t18-/m1/s1. The van der Waals surface area contributed by atoms with E-state index in [1.165, 1.54) is 0 Å². The topological polar surface area (TPSA) is 47.6 Å². The van der Waals surface area contributed by atoms with E-state index in [0.29, 0.717) is 25.6 Å². The zero-order chi connectivity index (χ0) is 18.1. The maximum Gasteiger partial charge on any atom is 0.306 e. The van der Waals surface area contributed by atoms with Crippen molar-refractivity contribution in [2.24, 2.45) is 0 Å². The Labute approximate surface area is 150 Å². The molecule has 0 radical (unpaired) electrons. The Morgan fingerprint density at radius 2 is 1.88 bits per heavy atom. The second-order valence-electron chi connectivity index (χ2n) is 6.57. The number of ether oxygens (including phenoxy) is 2. The fourth-order valence-electron chi connectivity index (χ4n) is 2.57. The number of unbranched alkanes of at least 4 members (excludes halogenated alkanes) is 1. The summed E-state index contributed by atoms with van der Waals surface area (Å²) in [5, 5.41) is 5.53. The summed E-state index contributed by atoms with van der Waals surface area (Å²) < 4.78 is 11.6. The molecule has 0 spiro atoms. The molecule has 1 atom stereocenters. The fourth-order valence-corrected chi connectivity index (χ4v) is 2.57. The van der Waals surface area contributed by atoms with Gasteiger partial charge in [0.05, 0.1) is 0 Å². The monoisotopic (exact) mass is 343 g/mol. The number of esters is 1. The first-order chi connectivity index (χ1) is 12.1. The lowest BCUT2D eigenvalue weighted by Gasteiger charge is -2.21. The van der Waals surface area contributed by atoms with Gasteiger partial charge < -0.3 is 14.8 Å². The Morgan fingerprint density at radius 3 is 2.64 bits per heavy atom. The number of hydrogen-bond donors (Lipinski definition) is 1. The first-order valence-corrected chi connectivity index (χ1v) is 9.13. The minimum atomic E-state index is -0.300. The number of rotatable bonds is 10. The van der Waals surface area contributed by atoms with Gasteiger partial charge in [0.2, 0.25) is 0 Å². The van der Waals surface area contributed by atoms with E-state index < -0.39 is 0 Å². The molecule has 0 saturated heterocycles. The van der Waals surface area contributed by atoms with Gasteiger partial charge in [0.1, 0.15) is 18.5 Å². The van der Waals surface area contributed by atoms with E-state index in [2.05, 4.69) is 38.2 Å². The average molecular weight is 343 g/mol. The van der Waals surface area contributed by atoms with Gasteiger partial charge in [0.15, 0.2) is 0 Å². The van der Waals surface area contributed by atoms with Crippen LogP contribution in [-0.2, 0) is 9.53 Å². The third-order valence-corrected chi connectivity index (χ3v) is 3.96. The molecule has 0 aromatic heterocycles. The smallest absolute Gasteiger partial charge is 0.306 e. The molecule has 25 heavy (non-hydrogen) atoms. The summed E-state index contributed by atoms with van der Waals surface area (Å²) in [6, 6.07) is 14.4. The van der Waals surface area contributed by atoms with Gasteiger partial charge in [0.25, 0.3) is 0 Å². The molecular formula is C21H29NO3. The molecule has 0 amide bonds. The van der Waals surface area contributed by atoms with Crippen molar-refractivity contribution in [1.29, 1.82) is 0 Å². The van der Waals surface area contributed by atoms with E-state index >= 15 is 0 Å². The molecule has 1 N–H and O–H groups in total. The molecule has 0 aliphatic heterocycles. The van der Waals surface area contributed by atoms with E-state index in [4.69, 9.17) is 9.47 Å². The van der Waals surface area contributed by atoms with Gasteiger partial charge in [-0.25, -0.2) is 0 Å². The van der Waals surface area contributed by atoms with Crippen molar-refractivity contribution in [3.05, 3.63) is 42.5 Å². The van der Waals surface area contributed by atoms with Gasteiger partial charge in [-0.2, -0.15) is 0 Å². The molecule has 4 heteroatoms. The molecule has 0 fully saturated rings. The first-order valence-electron chi connectivity index (χ1n) is 9.13. The highest BCUT2D eigenvalue weighted by molar-refractivity contribution is 5.88. The van der Waals surface area contributed by atoms with Gasteiger partial charge in [-0.15, -0.1) is 0 Å². The summed E-state index contributed by atoms with van der Waals surface area (Å²) in [5.74, 6) is 0.663. The van der Waals surface area contributed by atoms with Crippen LogP contribution in [0.1, 0.15) is 40.0 Å². The summed E-state index contributed by atoms with van der Waals surface area (Å²) in [5.41, 5.74) is 0. The molecule has 0 aliphatic rings. The molecular weight excluding hydrogens is 314 g/mol. The van der Waals surface area contributed by atoms with Crippen LogP contribution in [0.5, 0.6) is 5.75 Å². The number of fused-ring (bicyclic) bond motifs is 1. The summed E-state index contributed by atoms with van der Waals surface area (Å²) in [6.45, 7) is 7.13. The van der Waals surface area contributed by atoms with Crippen LogP contribution >= 0.6 is 0 Å². The van der Waals surface area contributed by atoms with Crippen molar-refractivity contribution in [2.45, 2.75) is 52.2 Å². The second-order valence-corrected chi connectivity index (χ2v) is 6.57. The zero-order valence-electron chi connectivity index (χ0n) is 15.5. The predicted octanol–water partition coefficient (Wildman–Crippen LogP) is 4.32. The lowest BCUT2D eigenvalue weighted by Crippen LogP contribution is -2.38. The van der Waals surface area contributed by atoms with E-state index in [1.807, 2.05) is 30.3 Å². The van der Waals surface area contributed by atoms with Gasteiger partial charge in [-0.05, 0) is 17.9 Å². The zero-order valence-corrected chi connectivity index (χ0v) is 15.5. The van der Waals surface area contributed by atoms with Crippen LogP contribution in [0.15, 0.2) is 42.5 Å². The van der Waals surface area contributed by atoms with E-state index in [9.17, 15) is 4.79 Å². The Bertz CT molecular complexity index is 664. The van der Waals surface area contributed by atoms with Crippen LogP contribution in [0.3, 0.4) is 0 Å². The van der Waals surface area contributed by atoms with Crippen LogP contribution in [0, 0.1) is 0 Å². The highest BCUT2D eigenvalue weighted by atomic mass is 16.6. The van der Waals surface area contributed by atoms with Crippen molar-refractivity contribution in [3.8, 4) is 5.75 Å². The normalized spacial score (nSPS) is 12.3. The Morgan fingerprint density at radius 1 is 1.12 bits per heavy atom. The number of carbonyl (C=O) groups excluding carboxylic acids is 1. The highest BCUT2D eigenvalue weighted by Crippen LogP contribution is 2.25. The summed E-state index contributed by atoms with van der Waals surface area (Å²) in [6.07, 6.45) is 2.00. The third-order valence-electron chi connectivity index (χ3n) is 3.96. The van der Waals surface area contributed by atoms with Crippen molar-refractivity contribution >= 4 is 16.7 Å². The minimum Gasteiger partial charge on any atom is -0.489 e. The average Bonchev–Trinajstić information content (AvgIpc) is 2.62. The van der Waals surface area contributed by atoms with Crippen molar-refractivity contribution in [1.82, 2.24) is 5.32 Å². The molecule has 2 aromatic rings. The van der Waals surface area contributed by atoms with E-state index in [0.717, 1.165) is 29.4 Å². The van der Waals surface area contributed by atoms with Crippen LogP contribution in [0.25, 0.3) is 10.8 Å². The highest BCUT2D eigenvalue weighted by Gasteiger charge is 2.16. The SMILES string of the molecule is CCCCC(=O)O[C@H](CNC(C)C)COc1cccc2ccccc12. The predicted molar refractivity (Wildman–Crippen MR) is 102 cm³/mol. The Balaban J connectivity index is 2.00. The van der Waals surface area contributed by atoms with Crippen molar-refractivity contribution < 1.29 is 14.3 Å². The third kappa shape index (κ3) is 6.39. The van der Waals surface area contributed by atoms with Crippen molar-refractivity contribution in [3.63, 3.8) is 0 Å². The molecule has 0 saturated carbocycles. The van der Waals surface area contributed by atoms with Crippen molar-refractivity contribution in [2.75, 3.05) is 13.2 Å². The maximum absolute atomic E-state index is 12.0. The van der Waals surface area contributed by atoms with E-state index in [-0.39, 0.29) is 12.1 Å². The Hall–Kier alpha value is -2.07. The molecule has 2 aromatic carbocycles. The molecule has 0 heterocycles. The lowest BCUT2D eigenvalue weighted by molar-refractivity contribution is -0.150. The number of benzene rings is 2. The number of nitrogens with one attached hydrogen (secondary N) is 1. The second kappa shape index (κ2) is 10.0.